The first kappa shape index (κ1) is 24.8. The zero-order valence-electron chi connectivity index (χ0n) is 20.7. The van der Waals surface area contributed by atoms with Crippen LogP contribution in [0.25, 0.3) is 11.0 Å². The Balaban J connectivity index is 1.48. The normalized spacial score (nSPS) is 15.1. The Labute approximate surface area is 219 Å². The zero-order valence-corrected chi connectivity index (χ0v) is 21.4. The summed E-state index contributed by atoms with van der Waals surface area (Å²) in [5.74, 6) is -0.0915. The Morgan fingerprint density at radius 3 is 2.65 bits per heavy atom. The minimum Gasteiger partial charge on any atom is -0.376 e. The molecule has 1 aliphatic rings. The molecule has 1 aliphatic heterocycles. The maximum absolute atomic E-state index is 13.5. The molecule has 0 saturated carbocycles. The highest BCUT2D eigenvalue weighted by molar-refractivity contribution is 6.31. The van der Waals surface area contributed by atoms with Crippen molar-refractivity contribution in [3.63, 3.8) is 0 Å². The summed E-state index contributed by atoms with van der Waals surface area (Å²) < 4.78 is 5.69. The maximum Gasteiger partial charge on any atom is 0.258 e. The molecule has 4 N–H and O–H groups in total. The van der Waals surface area contributed by atoms with Gasteiger partial charge in [-0.2, -0.15) is 0 Å². The van der Waals surface area contributed by atoms with Crippen LogP contribution < -0.4 is 16.0 Å². The summed E-state index contributed by atoms with van der Waals surface area (Å²) in [7, 11) is 0. The van der Waals surface area contributed by atoms with Crippen LogP contribution in [0.5, 0.6) is 0 Å². The van der Waals surface area contributed by atoms with Gasteiger partial charge < -0.3 is 25.7 Å². The van der Waals surface area contributed by atoms with Crippen molar-refractivity contribution < 1.29 is 14.3 Å². The van der Waals surface area contributed by atoms with Gasteiger partial charge in [0.2, 0.25) is 5.95 Å². The van der Waals surface area contributed by atoms with Gasteiger partial charge in [0.1, 0.15) is 5.52 Å². The van der Waals surface area contributed by atoms with Gasteiger partial charge >= 0.3 is 0 Å². The lowest BCUT2D eigenvalue weighted by atomic mass is 10.1. The third kappa shape index (κ3) is 5.45. The second-order valence-electron chi connectivity index (χ2n) is 9.16. The second-order valence-corrected chi connectivity index (χ2v) is 9.56. The molecule has 0 spiro atoms. The number of hydrogen-bond acceptors (Lipinski definition) is 5. The summed E-state index contributed by atoms with van der Waals surface area (Å²) in [5.41, 5.74) is 4.68. The molecular formula is C28H28ClN5O3. The largest absolute Gasteiger partial charge is 0.376 e. The lowest BCUT2D eigenvalue weighted by Crippen LogP contribution is -2.18. The number of amides is 2. The molecule has 0 unspecified atom stereocenters. The minimum atomic E-state index is -0.362. The summed E-state index contributed by atoms with van der Waals surface area (Å²) >= 11 is 6.25. The number of rotatable bonds is 7. The summed E-state index contributed by atoms with van der Waals surface area (Å²) in [6.07, 6.45) is 2.17. The number of nitrogens with one attached hydrogen (secondary N) is 4. The number of imidazole rings is 1. The van der Waals surface area contributed by atoms with E-state index in [0.29, 0.717) is 51.1 Å². The number of H-pyrrole nitrogens is 1. The third-order valence-corrected chi connectivity index (χ3v) is 6.93. The number of carbonyl (C=O) groups excluding carboxylic acids is 2. The topological polar surface area (TPSA) is 108 Å². The van der Waals surface area contributed by atoms with Crippen LogP contribution >= 0.6 is 11.6 Å². The van der Waals surface area contributed by atoms with Crippen LogP contribution in [-0.2, 0) is 4.74 Å². The van der Waals surface area contributed by atoms with Crippen LogP contribution in [0, 0.1) is 13.8 Å². The van der Waals surface area contributed by atoms with Crippen LogP contribution in [0.3, 0.4) is 0 Å². The molecule has 0 aliphatic carbocycles. The number of hydrogen-bond donors (Lipinski definition) is 4. The molecule has 1 atom stereocenters. The van der Waals surface area contributed by atoms with E-state index in [1.165, 1.54) is 0 Å². The van der Waals surface area contributed by atoms with Crippen LogP contribution in [0.2, 0.25) is 5.02 Å². The summed E-state index contributed by atoms with van der Waals surface area (Å²) in [6.45, 7) is 5.10. The van der Waals surface area contributed by atoms with Crippen molar-refractivity contribution in [3.8, 4) is 0 Å². The van der Waals surface area contributed by atoms with E-state index in [1.807, 2.05) is 32.0 Å². The molecule has 1 saturated heterocycles. The predicted molar refractivity (Wildman–Crippen MR) is 147 cm³/mol. The highest BCUT2D eigenvalue weighted by Crippen LogP contribution is 2.28. The van der Waals surface area contributed by atoms with E-state index in [1.54, 1.807) is 36.4 Å². The van der Waals surface area contributed by atoms with Gasteiger partial charge in [-0.15, -0.1) is 0 Å². The van der Waals surface area contributed by atoms with E-state index < -0.39 is 0 Å². The summed E-state index contributed by atoms with van der Waals surface area (Å²) in [6, 6.07) is 16.1. The van der Waals surface area contributed by atoms with Gasteiger partial charge in [-0.05, 0) is 68.1 Å². The fraction of sp³-hybridized carbons (Fsp3) is 0.250. The molecule has 5 rings (SSSR count). The second kappa shape index (κ2) is 10.6. The van der Waals surface area contributed by atoms with Crippen LogP contribution in [0.4, 0.5) is 17.3 Å². The average molecular weight is 518 g/mol. The van der Waals surface area contributed by atoms with Crippen molar-refractivity contribution in [2.75, 3.05) is 29.1 Å². The van der Waals surface area contributed by atoms with Gasteiger partial charge in [0, 0.05) is 35.1 Å². The van der Waals surface area contributed by atoms with Gasteiger partial charge in [-0.1, -0.05) is 35.9 Å². The molecule has 2 heterocycles. The molecule has 9 heteroatoms. The summed E-state index contributed by atoms with van der Waals surface area (Å²) in [5, 5.41) is 9.70. The van der Waals surface area contributed by atoms with Crippen molar-refractivity contribution in [3.05, 3.63) is 81.9 Å². The molecule has 4 aromatic rings. The van der Waals surface area contributed by atoms with Gasteiger partial charge in [0.25, 0.3) is 11.8 Å². The van der Waals surface area contributed by atoms with Gasteiger partial charge in [0.15, 0.2) is 0 Å². The number of carbonyl (C=O) groups is 2. The Hall–Kier alpha value is -3.88. The number of nitrogens with zero attached hydrogens (tertiary/aromatic N) is 1. The number of fused-ring (bicyclic) bond motifs is 1. The van der Waals surface area contributed by atoms with Crippen LogP contribution in [0.1, 0.15) is 44.7 Å². The highest BCUT2D eigenvalue weighted by atomic mass is 35.5. The van der Waals surface area contributed by atoms with Crippen LogP contribution in [-0.4, -0.2) is 41.0 Å². The van der Waals surface area contributed by atoms with E-state index >= 15 is 0 Å². The molecular weight excluding hydrogens is 490 g/mol. The fourth-order valence-electron chi connectivity index (χ4n) is 4.42. The Morgan fingerprint density at radius 2 is 1.86 bits per heavy atom. The van der Waals surface area contributed by atoms with Crippen molar-refractivity contribution >= 4 is 51.8 Å². The van der Waals surface area contributed by atoms with E-state index in [9.17, 15) is 9.59 Å². The molecule has 8 nitrogen and oxygen atoms in total. The lowest BCUT2D eigenvalue weighted by molar-refractivity contribution is 0.101. The number of benzene rings is 3. The van der Waals surface area contributed by atoms with Crippen molar-refractivity contribution in [1.29, 1.82) is 0 Å². The molecule has 0 radical (unpaired) electrons. The molecule has 37 heavy (non-hydrogen) atoms. The average Bonchev–Trinajstić information content (AvgIpc) is 3.55. The smallest absolute Gasteiger partial charge is 0.258 e. The number of ether oxygens (including phenoxy) is 1. The first-order valence-corrected chi connectivity index (χ1v) is 12.6. The fourth-order valence-corrected chi connectivity index (χ4v) is 4.60. The van der Waals surface area contributed by atoms with Gasteiger partial charge in [0.05, 0.1) is 17.2 Å². The summed E-state index contributed by atoms with van der Waals surface area (Å²) in [4.78, 5) is 34.4. The van der Waals surface area contributed by atoms with Gasteiger partial charge in [-0.3, -0.25) is 9.59 Å². The lowest BCUT2D eigenvalue weighted by Gasteiger charge is -2.12. The predicted octanol–water partition coefficient (Wildman–Crippen LogP) is 5.93. The Kier molecular flexibility index (Phi) is 7.12. The van der Waals surface area contributed by atoms with Crippen molar-refractivity contribution in [1.82, 2.24) is 9.97 Å². The standard InChI is InChI=1S/C28H28ClN5O3/c1-16-7-3-4-9-20(16)26(35)31-18-13-21(27(36)32-23-11-5-10-22(29)17(23)2)25-24(14-18)33-28(34-25)30-15-19-8-6-12-37-19/h3-5,7,9-11,13-14,19H,6,8,12,15H2,1-2H3,(H,31,35)(H,32,36)(H2,30,33,34)/t19-/m1/s1. The molecule has 2 amide bonds. The minimum absolute atomic E-state index is 0.130. The zero-order chi connectivity index (χ0) is 25.9. The Bertz CT molecular complexity index is 1480. The number of aryl methyl sites for hydroxylation is 1. The van der Waals surface area contributed by atoms with Gasteiger partial charge in [-0.25, -0.2) is 4.98 Å². The van der Waals surface area contributed by atoms with E-state index in [0.717, 1.165) is 30.6 Å². The molecule has 0 bridgehead atoms. The highest BCUT2D eigenvalue weighted by Gasteiger charge is 2.20. The first-order valence-electron chi connectivity index (χ1n) is 12.2. The molecule has 1 fully saturated rings. The monoisotopic (exact) mass is 517 g/mol. The van der Waals surface area contributed by atoms with E-state index in [4.69, 9.17) is 16.3 Å². The van der Waals surface area contributed by atoms with E-state index in [-0.39, 0.29) is 17.9 Å². The Morgan fingerprint density at radius 1 is 1.05 bits per heavy atom. The SMILES string of the molecule is Cc1ccccc1C(=O)Nc1cc(C(=O)Nc2cccc(Cl)c2C)c2nc(NC[C@H]3CCCO3)[nH]c2c1. The van der Waals surface area contributed by atoms with Crippen LogP contribution in [0.15, 0.2) is 54.6 Å². The quantitative estimate of drug-likeness (QED) is 0.243. The third-order valence-electron chi connectivity index (χ3n) is 6.52. The maximum atomic E-state index is 13.5. The van der Waals surface area contributed by atoms with Crippen molar-refractivity contribution in [2.45, 2.75) is 32.8 Å². The van der Waals surface area contributed by atoms with Crippen molar-refractivity contribution in [2.24, 2.45) is 0 Å². The number of anilines is 3. The molecule has 1 aromatic heterocycles. The number of aromatic amines is 1. The number of aromatic nitrogens is 2. The first-order chi connectivity index (χ1) is 17.9. The van der Waals surface area contributed by atoms with E-state index in [2.05, 4.69) is 25.9 Å². The molecule has 3 aromatic carbocycles. The number of halogens is 1. The molecule has 190 valence electrons.